The van der Waals surface area contributed by atoms with Crippen molar-refractivity contribution in [1.29, 1.82) is 0 Å². The lowest BCUT2D eigenvalue weighted by Crippen LogP contribution is -2.51. The second-order valence-corrected chi connectivity index (χ2v) is 15.0. The van der Waals surface area contributed by atoms with Crippen LogP contribution in [0.5, 0.6) is 0 Å². The number of hydrogen-bond donors (Lipinski definition) is 4. The molecule has 9 heteroatoms. The van der Waals surface area contributed by atoms with Gasteiger partial charge in [-0.2, -0.15) is 4.31 Å². The van der Waals surface area contributed by atoms with E-state index >= 15 is 0 Å². The molecule has 3 aromatic rings. The number of hydrogen-bond acceptors (Lipinski definition) is 6. The third kappa shape index (κ3) is 8.63. The average molecular weight is 650 g/mol. The monoisotopic (exact) mass is 649 g/mol. The number of carbonyl (C=O) groups is 1. The summed E-state index contributed by atoms with van der Waals surface area (Å²) in [5, 5.41) is 26.6. The zero-order chi connectivity index (χ0) is 33.3. The first kappa shape index (κ1) is 35.8. The Balaban J connectivity index is 1.48. The Morgan fingerprint density at radius 1 is 0.935 bits per heavy atom. The van der Waals surface area contributed by atoms with E-state index in [1.54, 1.807) is 12.1 Å². The van der Waals surface area contributed by atoms with Crippen molar-refractivity contribution in [3.63, 3.8) is 0 Å². The minimum absolute atomic E-state index is 0.0595. The fourth-order valence-corrected chi connectivity index (χ4v) is 8.17. The highest BCUT2D eigenvalue weighted by atomic mass is 32.2. The van der Waals surface area contributed by atoms with E-state index in [1.807, 2.05) is 57.3 Å². The van der Waals surface area contributed by atoms with E-state index < -0.39 is 22.1 Å². The first-order valence-corrected chi connectivity index (χ1v) is 17.9. The molecular weight excluding hydrogens is 598 g/mol. The van der Waals surface area contributed by atoms with E-state index in [0.717, 1.165) is 17.5 Å². The number of aliphatic hydroxyl groups is 2. The van der Waals surface area contributed by atoms with Crippen LogP contribution in [0.1, 0.15) is 75.5 Å². The molecule has 0 bridgehead atoms. The number of rotatable bonds is 18. The molecule has 0 saturated heterocycles. The third-order valence-corrected chi connectivity index (χ3v) is 11.5. The maximum atomic E-state index is 14.0. The standard InChI is InChI=1S/C37H51N3O5S/c1-27(2)21-23-40(46(44,45)33-19-17-29(25-41)18-20-33)32(26-42)16-11-22-37(24-28(37)3)39-36(43)35(38-4)34(30-12-7-5-8-13-30)31-14-9-6-10-15-31/h5-10,12-15,17-20,27-28,32,34-35,38,41-42H,11,16,21-26H2,1-4H3,(H,39,43)/t28?,32-,35-,37?/m0/s1. The highest BCUT2D eigenvalue weighted by Crippen LogP contribution is 2.47. The molecule has 250 valence electrons. The molecule has 46 heavy (non-hydrogen) atoms. The van der Waals surface area contributed by atoms with Gasteiger partial charge in [-0.3, -0.25) is 4.79 Å². The third-order valence-electron chi connectivity index (χ3n) is 9.49. The minimum Gasteiger partial charge on any atom is -0.395 e. The molecule has 2 unspecified atom stereocenters. The van der Waals surface area contributed by atoms with Gasteiger partial charge < -0.3 is 20.8 Å². The summed E-state index contributed by atoms with van der Waals surface area (Å²) < 4.78 is 29.1. The lowest BCUT2D eigenvalue weighted by Gasteiger charge is -2.32. The van der Waals surface area contributed by atoms with Crippen LogP contribution in [0.2, 0.25) is 0 Å². The fourth-order valence-electron chi connectivity index (χ4n) is 6.51. The van der Waals surface area contributed by atoms with Gasteiger partial charge in [0.15, 0.2) is 0 Å². The number of likely N-dealkylation sites (N-methyl/N-ethyl adjacent to an activating group) is 1. The molecule has 3 aromatic carbocycles. The van der Waals surface area contributed by atoms with Crippen LogP contribution in [0, 0.1) is 11.8 Å². The fraction of sp³-hybridized carbons (Fsp3) is 0.486. The molecular formula is C37H51N3O5S. The van der Waals surface area contributed by atoms with Crippen molar-refractivity contribution >= 4 is 15.9 Å². The summed E-state index contributed by atoms with van der Waals surface area (Å²) in [6.07, 6.45) is 3.33. The summed E-state index contributed by atoms with van der Waals surface area (Å²) in [4.78, 5) is 14.1. The summed E-state index contributed by atoms with van der Waals surface area (Å²) in [5.74, 6) is 0.341. The minimum atomic E-state index is -3.88. The Hall–Kier alpha value is -3.08. The van der Waals surface area contributed by atoms with Gasteiger partial charge >= 0.3 is 0 Å². The molecule has 4 rings (SSSR count). The first-order chi connectivity index (χ1) is 22.1. The van der Waals surface area contributed by atoms with E-state index in [9.17, 15) is 23.4 Å². The van der Waals surface area contributed by atoms with E-state index in [0.29, 0.717) is 43.7 Å². The number of amides is 1. The summed E-state index contributed by atoms with van der Waals surface area (Å²) in [7, 11) is -2.06. The SMILES string of the molecule is CN[C@H](C(=O)NC1(CCC[C@@H](CO)N(CCC(C)C)S(=O)(=O)c2ccc(CO)cc2)CC1C)C(c1ccccc1)c1ccccc1. The van der Waals surface area contributed by atoms with Gasteiger partial charge in [0.1, 0.15) is 0 Å². The highest BCUT2D eigenvalue weighted by Gasteiger charge is 2.52. The molecule has 1 saturated carbocycles. The van der Waals surface area contributed by atoms with E-state index in [2.05, 4.69) is 41.8 Å². The Labute approximate surface area is 275 Å². The number of aliphatic hydroxyl groups excluding tert-OH is 2. The normalized spacial score (nSPS) is 19.4. The molecule has 8 nitrogen and oxygen atoms in total. The van der Waals surface area contributed by atoms with Crippen LogP contribution >= 0.6 is 0 Å². The van der Waals surface area contributed by atoms with Crippen LogP contribution < -0.4 is 10.6 Å². The van der Waals surface area contributed by atoms with Crippen LogP contribution in [0.3, 0.4) is 0 Å². The van der Waals surface area contributed by atoms with Crippen LogP contribution in [-0.2, 0) is 21.4 Å². The van der Waals surface area contributed by atoms with Crippen LogP contribution in [0.15, 0.2) is 89.8 Å². The van der Waals surface area contributed by atoms with Crippen molar-refractivity contribution < 1.29 is 23.4 Å². The van der Waals surface area contributed by atoms with Gasteiger partial charge in [-0.05, 0) is 79.8 Å². The smallest absolute Gasteiger partial charge is 0.243 e. The molecule has 0 aromatic heterocycles. The van der Waals surface area contributed by atoms with Crippen LogP contribution in [-0.4, -0.2) is 66.7 Å². The highest BCUT2D eigenvalue weighted by molar-refractivity contribution is 7.89. The molecule has 1 aliphatic rings. The lowest BCUT2D eigenvalue weighted by molar-refractivity contribution is -0.124. The zero-order valence-corrected chi connectivity index (χ0v) is 28.4. The van der Waals surface area contributed by atoms with Gasteiger partial charge in [0.05, 0.1) is 24.2 Å². The predicted molar refractivity (Wildman–Crippen MR) is 183 cm³/mol. The summed E-state index contributed by atoms with van der Waals surface area (Å²) in [5.41, 5.74) is 2.38. The molecule has 1 aliphatic carbocycles. The van der Waals surface area contributed by atoms with Crippen molar-refractivity contribution in [2.75, 3.05) is 20.2 Å². The Bertz CT molecular complexity index is 1440. The molecule has 0 radical (unpaired) electrons. The predicted octanol–water partition coefficient (Wildman–Crippen LogP) is 5.06. The lowest BCUT2D eigenvalue weighted by atomic mass is 9.84. The number of nitrogens with one attached hydrogen (secondary N) is 2. The Morgan fingerprint density at radius 3 is 1.96 bits per heavy atom. The summed E-state index contributed by atoms with van der Waals surface area (Å²) in [6.45, 7) is 6.08. The van der Waals surface area contributed by atoms with Gasteiger partial charge in [-0.1, -0.05) is 93.6 Å². The molecule has 0 heterocycles. The van der Waals surface area contributed by atoms with Crippen molar-refractivity contribution in [2.45, 2.75) is 87.9 Å². The zero-order valence-electron chi connectivity index (χ0n) is 27.6. The first-order valence-electron chi connectivity index (χ1n) is 16.5. The van der Waals surface area contributed by atoms with Gasteiger partial charge in [-0.25, -0.2) is 8.42 Å². The number of carbonyl (C=O) groups excluding carboxylic acids is 1. The molecule has 4 atom stereocenters. The second-order valence-electron chi connectivity index (χ2n) is 13.1. The topological polar surface area (TPSA) is 119 Å². The van der Waals surface area contributed by atoms with Crippen molar-refractivity contribution in [2.24, 2.45) is 11.8 Å². The molecule has 1 fully saturated rings. The molecule has 0 spiro atoms. The Kier molecular flexibility index (Phi) is 12.6. The van der Waals surface area contributed by atoms with E-state index in [-0.39, 0.29) is 41.4 Å². The number of benzene rings is 3. The summed E-state index contributed by atoms with van der Waals surface area (Å²) >= 11 is 0. The maximum absolute atomic E-state index is 14.0. The van der Waals surface area contributed by atoms with Gasteiger partial charge in [0.2, 0.25) is 15.9 Å². The van der Waals surface area contributed by atoms with Crippen molar-refractivity contribution in [1.82, 2.24) is 14.9 Å². The second kappa shape index (κ2) is 16.2. The van der Waals surface area contributed by atoms with Crippen LogP contribution in [0.4, 0.5) is 0 Å². The number of sulfonamides is 1. The largest absolute Gasteiger partial charge is 0.395 e. The summed E-state index contributed by atoms with van der Waals surface area (Å²) in [6, 6.07) is 25.3. The van der Waals surface area contributed by atoms with Gasteiger partial charge in [-0.15, -0.1) is 0 Å². The molecule has 0 aliphatic heterocycles. The van der Waals surface area contributed by atoms with Gasteiger partial charge in [0, 0.05) is 24.0 Å². The molecule has 4 N–H and O–H groups in total. The van der Waals surface area contributed by atoms with E-state index in [4.69, 9.17) is 0 Å². The van der Waals surface area contributed by atoms with Crippen LogP contribution in [0.25, 0.3) is 0 Å². The quantitative estimate of drug-likeness (QED) is 0.153. The van der Waals surface area contributed by atoms with E-state index in [1.165, 1.54) is 16.4 Å². The average Bonchev–Trinajstić information content (AvgIpc) is 3.70. The number of nitrogens with zero attached hydrogens (tertiary/aromatic N) is 1. The Morgan fingerprint density at radius 2 is 1.50 bits per heavy atom. The maximum Gasteiger partial charge on any atom is 0.243 e. The van der Waals surface area contributed by atoms with Crippen molar-refractivity contribution in [3.05, 3.63) is 102 Å². The molecule has 1 amide bonds. The van der Waals surface area contributed by atoms with Gasteiger partial charge in [0.25, 0.3) is 0 Å². The van der Waals surface area contributed by atoms with Crippen molar-refractivity contribution in [3.8, 4) is 0 Å².